The minimum atomic E-state index is -0.952. The van der Waals surface area contributed by atoms with Crippen molar-refractivity contribution in [2.45, 2.75) is 12.8 Å². The van der Waals surface area contributed by atoms with E-state index < -0.39 is 16.7 Å². The molecule has 7 heteroatoms. The van der Waals surface area contributed by atoms with Gasteiger partial charge in [-0.05, 0) is 12.5 Å². The number of carbonyl (C=O) groups is 2. The Morgan fingerprint density at radius 1 is 1.44 bits per heavy atom. The highest BCUT2D eigenvalue weighted by Gasteiger charge is 2.18. The van der Waals surface area contributed by atoms with Crippen LogP contribution < -0.4 is 0 Å². The maximum atomic E-state index is 11.2. The second-order valence-electron chi connectivity index (χ2n) is 3.44. The first-order chi connectivity index (χ1) is 8.45. The molecule has 0 atom stereocenters. The van der Waals surface area contributed by atoms with Crippen LogP contribution in [0.1, 0.15) is 12.0 Å². The molecule has 1 aromatic rings. The molecule has 0 aromatic heterocycles. The van der Waals surface area contributed by atoms with Crippen LogP contribution in [-0.2, 0) is 20.7 Å². The molecular weight excluding hydrogens is 262 g/mol. The smallest absolute Gasteiger partial charge is 0.374 e. The Morgan fingerprint density at radius 3 is 2.67 bits per heavy atom. The van der Waals surface area contributed by atoms with E-state index in [1.807, 2.05) is 0 Å². The Morgan fingerprint density at radius 2 is 2.11 bits per heavy atom. The number of nitrogens with zero attached hydrogens (tertiary/aromatic N) is 1. The molecule has 0 aliphatic heterocycles. The summed E-state index contributed by atoms with van der Waals surface area (Å²) in [5, 5.41) is 11.0. The molecule has 0 saturated carbocycles. The van der Waals surface area contributed by atoms with Crippen LogP contribution in [0.2, 0.25) is 5.02 Å². The number of halogens is 1. The average molecular weight is 272 g/mol. The van der Waals surface area contributed by atoms with Crippen LogP contribution in [0.25, 0.3) is 0 Å². The van der Waals surface area contributed by atoms with Gasteiger partial charge in [0, 0.05) is 23.1 Å². The van der Waals surface area contributed by atoms with Gasteiger partial charge in [0.25, 0.3) is 5.69 Å². The summed E-state index contributed by atoms with van der Waals surface area (Å²) in [6.07, 6.45) is -0.0590. The van der Waals surface area contributed by atoms with Crippen molar-refractivity contribution in [1.29, 1.82) is 0 Å². The number of carbonyl (C=O) groups excluding carboxylic acids is 2. The van der Waals surface area contributed by atoms with Crippen molar-refractivity contribution in [1.82, 2.24) is 0 Å². The van der Waals surface area contributed by atoms with E-state index in [1.165, 1.54) is 18.2 Å². The molecule has 0 aliphatic carbocycles. The molecule has 0 N–H and O–H groups in total. The lowest BCUT2D eigenvalue weighted by molar-refractivity contribution is -0.385. The molecule has 0 spiro atoms. The lowest BCUT2D eigenvalue weighted by Crippen LogP contribution is -2.16. The van der Waals surface area contributed by atoms with E-state index in [2.05, 4.69) is 4.74 Å². The lowest BCUT2D eigenvalue weighted by atomic mass is 10.1. The van der Waals surface area contributed by atoms with Gasteiger partial charge in [0.1, 0.15) is 0 Å². The van der Waals surface area contributed by atoms with E-state index in [0.29, 0.717) is 5.56 Å². The number of nitro benzene ring substituents is 1. The van der Waals surface area contributed by atoms with Crippen LogP contribution >= 0.6 is 11.6 Å². The number of benzene rings is 1. The molecule has 0 radical (unpaired) electrons. The number of aryl methyl sites for hydroxylation is 1. The Hall–Kier alpha value is -1.95. The SMILES string of the molecule is COC(=O)C(=O)CCc1ccc(Cl)cc1[N+](=O)[O-]. The fraction of sp³-hybridized carbons (Fsp3) is 0.273. The maximum Gasteiger partial charge on any atom is 0.374 e. The molecule has 0 saturated heterocycles. The van der Waals surface area contributed by atoms with Gasteiger partial charge >= 0.3 is 5.97 Å². The van der Waals surface area contributed by atoms with E-state index in [-0.39, 0.29) is 23.6 Å². The lowest BCUT2D eigenvalue weighted by Gasteiger charge is -2.02. The molecule has 0 unspecified atom stereocenters. The van der Waals surface area contributed by atoms with Gasteiger partial charge in [0.05, 0.1) is 12.0 Å². The number of hydrogen-bond donors (Lipinski definition) is 0. The molecule has 0 bridgehead atoms. The standard InChI is InChI=1S/C11H10ClNO5/c1-18-11(15)10(14)5-3-7-2-4-8(12)6-9(7)13(16)17/h2,4,6H,3,5H2,1H3. The zero-order valence-electron chi connectivity index (χ0n) is 9.51. The van der Waals surface area contributed by atoms with Gasteiger partial charge in [-0.2, -0.15) is 0 Å². The van der Waals surface area contributed by atoms with Gasteiger partial charge in [-0.25, -0.2) is 4.79 Å². The fourth-order valence-electron chi connectivity index (χ4n) is 1.38. The average Bonchev–Trinajstić information content (AvgIpc) is 2.35. The molecule has 0 aliphatic rings. The van der Waals surface area contributed by atoms with Crippen molar-refractivity contribution < 1.29 is 19.2 Å². The molecule has 0 fully saturated rings. The molecule has 0 heterocycles. The second-order valence-corrected chi connectivity index (χ2v) is 3.88. The van der Waals surface area contributed by atoms with Crippen LogP contribution in [0.15, 0.2) is 18.2 Å². The van der Waals surface area contributed by atoms with Crippen molar-refractivity contribution in [3.63, 3.8) is 0 Å². The third-order valence-electron chi connectivity index (χ3n) is 2.28. The van der Waals surface area contributed by atoms with Crippen LogP contribution in [0, 0.1) is 10.1 Å². The zero-order valence-corrected chi connectivity index (χ0v) is 10.3. The number of hydrogen-bond acceptors (Lipinski definition) is 5. The van der Waals surface area contributed by atoms with Gasteiger partial charge in [0.2, 0.25) is 5.78 Å². The highest BCUT2D eigenvalue weighted by Crippen LogP contribution is 2.24. The number of methoxy groups -OCH3 is 1. The Bertz CT molecular complexity index is 500. The Labute approximate surface area is 108 Å². The molecule has 6 nitrogen and oxygen atoms in total. The summed E-state index contributed by atoms with van der Waals surface area (Å²) >= 11 is 5.65. The fourth-order valence-corrected chi connectivity index (χ4v) is 1.55. The number of rotatable bonds is 5. The highest BCUT2D eigenvalue weighted by molar-refractivity contribution is 6.33. The third-order valence-corrected chi connectivity index (χ3v) is 2.51. The summed E-state index contributed by atoms with van der Waals surface area (Å²) < 4.78 is 4.25. The molecule has 18 heavy (non-hydrogen) atoms. The van der Waals surface area contributed by atoms with Crippen LogP contribution in [-0.4, -0.2) is 23.8 Å². The molecule has 1 aromatic carbocycles. The molecule has 96 valence electrons. The largest absolute Gasteiger partial charge is 0.463 e. The van der Waals surface area contributed by atoms with Gasteiger partial charge < -0.3 is 4.74 Å². The first kappa shape index (κ1) is 14.1. The number of ether oxygens (including phenoxy) is 1. The van der Waals surface area contributed by atoms with Gasteiger partial charge in [-0.15, -0.1) is 0 Å². The van der Waals surface area contributed by atoms with E-state index >= 15 is 0 Å². The Balaban J connectivity index is 2.82. The van der Waals surface area contributed by atoms with Crippen LogP contribution in [0.5, 0.6) is 0 Å². The number of Topliss-reactive ketones (excluding diaryl/α,β-unsaturated/α-hetero) is 1. The summed E-state index contributed by atoms with van der Waals surface area (Å²) in [7, 11) is 1.10. The number of ketones is 1. The predicted molar refractivity (Wildman–Crippen MR) is 63.5 cm³/mol. The van der Waals surface area contributed by atoms with Crippen LogP contribution in [0.4, 0.5) is 5.69 Å². The summed E-state index contributed by atoms with van der Waals surface area (Å²) in [6.45, 7) is 0. The Kier molecular flexibility index (Phi) is 4.79. The maximum absolute atomic E-state index is 11.2. The first-order valence-electron chi connectivity index (χ1n) is 4.99. The molecular formula is C11H10ClNO5. The summed E-state index contributed by atoms with van der Waals surface area (Å²) in [5.74, 6) is -1.67. The topological polar surface area (TPSA) is 86.5 Å². The molecule has 1 rings (SSSR count). The van der Waals surface area contributed by atoms with E-state index in [4.69, 9.17) is 11.6 Å². The van der Waals surface area contributed by atoms with E-state index in [0.717, 1.165) is 7.11 Å². The number of nitro groups is 1. The van der Waals surface area contributed by atoms with Crippen molar-refractivity contribution >= 4 is 29.0 Å². The quantitative estimate of drug-likeness (QED) is 0.353. The molecule has 0 amide bonds. The number of esters is 1. The van der Waals surface area contributed by atoms with Gasteiger partial charge in [-0.1, -0.05) is 17.7 Å². The van der Waals surface area contributed by atoms with Crippen molar-refractivity contribution in [2.75, 3.05) is 7.11 Å². The van der Waals surface area contributed by atoms with Crippen molar-refractivity contribution in [3.05, 3.63) is 38.9 Å². The summed E-state index contributed by atoms with van der Waals surface area (Å²) in [6, 6.07) is 4.16. The monoisotopic (exact) mass is 271 g/mol. The predicted octanol–water partition coefficient (Wildman–Crippen LogP) is 1.92. The first-order valence-corrected chi connectivity index (χ1v) is 5.37. The second kappa shape index (κ2) is 6.11. The van der Waals surface area contributed by atoms with E-state index in [1.54, 1.807) is 0 Å². The summed E-state index contributed by atoms with van der Waals surface area (Å²) in [5.41, 5.74) is 0.182. The van der Waals surface area contributed by atoms with Gasteiger partial charge in [0.15, 0.2) is 0 Å². The summed E-state index contributed by atoms with van der Waals surface area (Å²) in [4.78, 5) is 32.3. The minimum absolute atomic E-state index is 0.0847. The van der Waals surface area contributed by atoms with Crippen LogP contribution in [0.3, 0.4) is 0 Å². The van der Waals surface area contributed by atoms with Crippen molar-refractivity contribution in [3.8, 4) is 0 Å². The van der Waals surface area contributed by atoms with Gasteiger partial charge in [-0.3, -0.25) is 14.9 Å². The highest BCUT2D eigenvalue weighted by atomic mass is 35.5. The zero-order chi connectivity index (χ0) is 13.7. The normalized spacial score (nSPS) is 9.89. The van der Waals surface area contributed by atoms with Crippen molar-refractivity contribution in [2.24, 2.45) is 0 Å². The third kappa shape index (κ3) is 3.53. The van der Waals surface area contributed by atoms with E-state index in [9.17, 15) is 19.7 Å². The minimum Gasteiger partial charge on any atom is -0.463 e.